The summed E-state index contributed by atoms with van der Waals surface area (Å²) >= 11 is 0. The molecular weight excluding hydrogens is 409 g/mol. The summed E-state index contributed by atoms with van der Waals surface area (Å²) in [6.07, 6.45) is 6.55. The van der Waals surface area contributed by atoms with E-state index in [-0.39, 0.29) is 23.5 Å². The zero-order valence-electron chi connectivity index (χ0n) is 18.1. The molecule has 1 aliphatic heterocycles. The number of aromatic nitrogens is 3. The third kappa shape index (κ3) is 4.34. The number of nitrogens with zero attached hydrogens (tertiary/aromatic N) is 3. The molecule has 0 bridgehead atoms. The molecule has 1 aliphatic rings. The minimum absolute atomic E-state index is 0.0168. The van der Waals surface area contributed by atoms with E-state index in [0.29, 0.717) is 36.7 Å². The first-order valence-corrected chi connectivity index (χ1v) is 10.7. The molecule has 3 heterocycles. The smallest absolute Gasteiger partial charge is 0.276 e. The minimum Gasteiger partial charge on any atom is -0.357 e. The van der Waals surface area contributed by atoms with Crippen molar-refractivity contribution in [2.75, 3.05) is 11.9 Å². The first kappa shape index (κ1) is 21.5. The third-order valence-electron chi connectivity index (χ3n) is 5.58. The Bertz CT molecular complexity index is 1130. The van der Waals surface area contributed by atoms with Crippen molar-refractivity contribution in [2.24, 2.45) is 0 Å². The Morgan fingerprint density at radius 1 is 1.28 bits per heavy atom. The summed E-state index contributed by atoms with van der Waals surface area (Å²) in [7, 11) is 0. The molecule has 0 saturated heterocycles. The molecule has 32 heavy (non-hydrogen) atoms. The molecule has 0 aliphatic carbocycles. The molecule has 0 fully saturated rings. The molecule has 0 radical (unpaired) electrons. The van der Waals surface area contributed by atoms with Crippen molar-refractivity contribution in [3.63, 3.8) is 0 Å². The zero-order valence-corrected chi connectivity index (χ0v) is 18.1. The van der Waals surface area contributed by atoms with Crippen LogP contribution in [0.25, 0.3) is 0 Å². The number of nitrogens with one attached hydrogen (secondary N) is 2. The van der Waals surface area contributed by atoms with Crippen molar-refractivity contribution in [3.05, 3.63) is 83.2 Å². The number of fused-ring (bicyclic) bond motifs is 1. The Hall–Kier alpha value is -3.68. The Kier molecular flexibility index (Phi) is 6.20. The van der Waals surface area contributed by atoms with Crippen molar-refractivity contribution in [1.29, 1.82) is 0 Å². The Morgan fingerprint density at radius 2 is 2.06 bits per heavy atom. The summed E-state index contributed by atoms with van der Waals surface area (Å²) in [5.41, 5.74) is 3.02. The third-order valence-corrected chi connectivity index (χ3v) is 5.58. The summed E-state index contributed by atoms with van der Waals surface area (Å²) < 4.78 is 15.1. The average Bonchev–Trinajstić information content (AvgIpc) is 3.44. The van der Waals surface area contributed by atoms with Crippen LogP contribution in [-0.4, -0.2) is 38.0 Å². The molecule has 166 valence electrons. The first-order chi connectivity index (χ1) is 15.5. The van der Waals surface area contributed by atoms with Crippen molar-refractivity contribution >= 4 is 17.5 Å². The zero-order chi connectivity index (χ0) is 22.7. The molecule has 1 atom stereocenters. The summed E-state index contributed by atoms with van der Waals surface area (Å²) in [4.78, 5) is 30.8. The van der Waals surface area contributed by atoms with Crippen molar-refractivity contribution in [1.82, 2.24) is 19.7 Å². The molecule has 0 spiro atoms. The summed E-state index contributed by atoms with van der Waals surface area (Å²) in [5, 5.41) is 7.43. The van der Waals surface area contributed by atoms with Gasteiger partial charge in [0.2, 0.25) is 0 Å². The van der Waals surface area contributed by atoms with E-state index in [9.17, 15) is 14.0 Å². The van der Waals surface area contributed by atoms with Crippen LogP contribution >= 0.6 is 0 Å². The fraction of sp³-hybridized carbons (Fsp3) is 0.292. The number of amides is 2. The molecule has 1 aromatic carbocycles. The van der Waals surface area contributed by atoms with Gasteiger partial charge in [0.1, 0.15) is 11.5 Å². The Labute approximate surface area is 185 Å². The number of hydrogen-bond donors (Lipinski definition) is 2. The molecule has 2 amide bonds. The van der Waals surface area contributed by atoms with Crippen LogP contribution in [0.15, 0.2) is 54.7 Å². The van der Waals surface area contributed by atoms with E-state index in [1.54, 1.807) is 23.2 Å². The first-order valence-electron chi connectivity index (χ1n) is 10.7. The van der Waals surface area contributed by atoms with Gasteiger partial charge in [-0.25, -0.2) is 4.39 Å². The van der Waals surface area contributed by atoms with Gasteiger partial charge < -0.3 is 15.2 Å². The highest BCUT2D eigenvalue weighted by atomic mass is 19.1. The number of hydrogen-bond acceptors (Lipinski definition) is 3. The molecule has 7 nitrogen and oxygen atoms in total. The second-order valence-electron chi connectivity index (χ2n) is 7.92. The SMILES string of the molecule is C/C=C\CCn1nc(C(=O)Nc2ccc(F)cc2)c2c1C(C)CN(C(=O)c1ccc[nH]1)C2. The number of carbonyl (C=O) groups excluding carboxylic acids is 2. The predicted octanol–water partition coefficient (Wildman–Crippen LogP) is 4.33. The molecule has 4 rings (SSSR count). The Balaban J connectivity index is 1.67. The minimum atomic E-state index is -0.376. The summed E-state index contributed by atoms with van der Waals surface area (Å²) in [6.45, 7) is 5.49. The van der Waals surface area contributed by atoms with Gasteiger partial charge in [0.25, 0.3) is 11.8 Å². The largest absolute Gasteiger partial charge is 0.357 e. The van der Waals surface area contributed by atoms with E-state index in [1.807, 2.05) is 24.6 Å². The maximum atomic E-state index is 13.2. The monoisotopic (exact) mass is 435 g/mol. The van der Waals surface area contributed by atoms with E-state index in [2.05, 4.69) is 21.5 Å². The fourth-order valence-corrected chi connectivity index (χ4v) is 4.12. The topological polar surface area (TPSA) is 83.0 Å². The highest BCUT2D eigenvalue weighted by Gasteiger charge is 2.34. The summed E-state index contributed by atoms with van der Waals surface area (Å²) in [5.74, 6) is -0.845. The van der Waals surface area contributed by atoms with Gasteiger partial charge in [-0.15, -0.1) is 0 Å². The van der Waals surface area contributed by atoms with Gasteiger partial charge in [0.05, 0.1) is 6.54 Å². The van der Waals surface area contributed by atoms with E-state index < -0.39 is 0 Å². The lowest BCUT2D eigenvalue weighted by molar-refractivity contribution is 0.0711. The highest BCUT2D eigenvalue weighted by Crippen LogP contribution is 2.32. The number of H-pyrrole nitrogens is 1. The predicted molar refractivity (Wildman–Crippen MR) is 120 cm³/mol. The van der Waals surface area contributed by atoms with Gasteiger partial charge in [0.15, 0.2) is 5.69 Å². The second-order valence-corrected chi connectivity index (χ2v) is 7.92. The standard InChI is InChI=1S/C24H26FN5O2/c1-3-4-5-13-30-22-16(2)14-29(24(32)20-7-6-12-26-20)15-19(22)21(28-30)23(31)27-18-10-8-17(25)9-11-18/h3-4,6-12,16,26H,5,13-15H2,1-2H3,(H,27,31)/b4-3-. The molecule has 8 heteroatoms. The molecule has 1 unspecified atom stereocenters. The maximum Gasteiger partial charge on any atom is 0.276 e. The number of halogens is 1. The van der Waals surface area contributed by atoms with Gasteiger partial charge in [0, 0.05) is 42.1 Å². The molecule has 2 N–H and O–H groups in total. The lowest BCUT2D eigenvalue weighted by Crippen LogP contribution is -2.38. The van der Waals surface area contributed by atoms with E-state index in [1.165, 1.54) is 24.3 Å². The number of anilines is 1. The lowest BCUT2D eigenvalue weighted by Gasteiger charge is -2.31. The van der Waals surface area contributed by atoms with Crippen LogP contribution in [0.2, 0.25) is 0 Å². The molecule has 3 aromatic rings. The number of allylic oxidation sites excluding steroid dienone is 2. The summed E-state index contributed by atoms with van der Waals surface area (Å²) in [6, 6.07) is 9.12. The number of aryl methyl sites for hydroxylation is 1. The van der Waals surface area contributed by atoms with Crippen LogP contribution in [-0.2, 0) is 13.1 Å². The van der Waals surface area contributed by atoms with Gasteiger partial charge in [-0.2, -0.15) is 5.10 Å². The van der Waals surface area contributed by atoms with Crippen molar-refractivity contribution in [3.8, 4) is 0 Å². The van der Waals surface area contributed by atoms with Crippen LogP contribution in [0.3, 0.4) is 0 Å². The normalized spacial score (nSPS) is 15.7. The number of rotatable bonds is 6. The number of benzene rings is 1. The maximum absolute atomic E-state index is 13.2. The van der Waals surface area contributed by atoms with Crippen LogP contribution in [0.1, 0.15) is 58.4 Å². The lowest BCUT2D eigenvalue weighted by atomic mass is 9.95. The van der Waals surface area contributed by atoms with Crippen LogP contribution < -0.4 is 5.32 Å². The van der Waals surface area contributed by atoms with Crippen molar-refractivity contribution in [2.45, 2.75) is 39.3 Å². The molecule has 0 saturated carbocycles. The van der Waals surface area contributed by atoms with Gasteiger partial charge in [-0.3, -0.25) is 14.3 Å². The second kappa shape index (κ2) is 9.21. The van der Waals surface area contributed by atoms with Crippen LogP contribution in [0.5, 0.6) is 0 Å². The molecule has 2 aromatic heterocycles. The van der Waals surface area contributed by atoms with Gasteiger partial charge >= 0.3 is 0 Å². The average molecular weight is 436 g/mol. The van der Waals surface area contributed by atoms with Crippen LogP contribution in [0.4, 0.5) is 10.1 Å². The number of aromatic amines is 1. The molecular formula is C24H26FN5O2. The number of carbonyl (C=O) groups is 2. The quantitative estimate of drug-likeness (QED) is 0.566. The van der Waals surface area contributed by atoms with E-state index in [0.717, 1.165) is 17.7 Å². The van der Waals surface area contributed by atoms with Crippen LogP contribution in [0, 0.1) is 5.82 Å². The fourth-order valence-electron chi connectivity index (χ4n) is 4.12. The van der Waals surface area contributed by atoms with Gasteiger partial charge in [-0.05, 0) is 49.7 Å². The van der Waals surface area contributed by atoms with Gasteiger partial charge in [-0.1, -0.05) is 19.1 Å². The Morgan fingerprint density at radius 3 is 2.75 bits per heavy atom. The highest BCUT2D eigenvalue weighted by molar-refractivity contribution is 6.04. The van der Waals surface area contributed by atoms with Crippen molar-refractivity contribution < 1.29 is 14.0 Å². The van der Waals surface area contributed by atoms with E-state index >= 15 is 0 Å². The van der Waals surface area contributed by atoms with E-state index in [4.69, 9.17) is 0 Å².